The molecule has 1 heterocycles. The van der Waals surface area contributed by atoms with Crippen molar-refractivity contribution in [2.24, 2.45) is 0 Å². The van der Waals surface area contributed by atoms with Gasteiger partial charge < -0.3 is 18.8 Å². The van der Waals surface area contributed by atoms with E-state index in [0.29, 0.717) is 0 Å². The van der Waals surface area contributed by atoms with Gasteiger partial charge in [0.25, 0.3) is 0 Å². The molecule has 0 bridgehead atoms. The summed E-state index contributed by atoms with van der Waals surface area (Å²) in [5.74, 6) is -0.911. The molecule has 2 aromatic rings. The van der Waals surface area contributed by atoms with Gasteiger partial charge in [-0.05, 0) is 44.3 Å². The SMILES string of the molecule is COC1(OC)c2ccccc2-c2ccc(B3OC(C)(C)C(C)(C)O3)cc21. The van der Waals surface area contributed by atoms with Crippen LogP contribution in [0, 0.1) is 0 Å². The summed E-state index contributed by atoms with van der Waals surface area (Å²) < 4.78 is 24.2. The smallest absolute Gasteiger partial charge is 0.399 e. The van der Waals surface area contributed by atoms with E-state index in [0.717, 1.165) is 27.7 Å². The Labute approximate surface area is 155 Å². The first-order valence-electron chi connectivity index (χ1n) is 8.96. The molecule has 0 aromatic heterocycles. The topological polar surface area (TPSA) is 36.9 Å². The van der Waals surface area contributed by atoms with E-state index >= 15 is 0 Å². The zero-order valence-corrected chi connectivity index (χ0v) is 16.3. The molecule has 1 aliphatic heterocycles. The van der Waals surface area contributed by atoms with E-state index in [4.69, 9.17) is 18.8 Å². The maximum Gasteiger partial charge on any atom is 0.494 e. The number of benzene rings is 2. The van der Waals surface area contributed by atoms with Crippen molar-refractivity contribution >= 4 is 12.6 Å². The molecule has 4 nitrogen and oxygen atoms in total. The van der Waals surface area contributed by atoms with E-state index < -0.39 is 12.9 Å². The molecule has 136 valence electrons. The summed E-state index contributed by atoms with van der Waals surface area (Å²) in [5.41, 5.74) is 4.46. The Hall–Kier alpha value is -1.66. The molecule has 0 N–H and O–H groups in total. The summed E-state index contributed by atoms with van der Waals surface area (Å²) >= 11 is 0. The van der Waals surface area contributed by atoms with Gasteiger partial charge >= 0.3 is 7.12 Å². The fourth-order valence-electron chi connectivity index (χ4n) is 3.87. The maximum absolute atomic E-state index is 6.22. The molecule has 2 aromatic carbocycles. The quantitative estimate of drug-likeness (QED) is 0.626. The summed E-state index contributed by atoms with van der Waals surface area (Å²) in [7, 11) is 2.94. The summed E-state index contributed by atoms with van der Waals surface area (Å²) in [5, 5.41) is 0. The van der Waals surface area contributed by atoms with Gasteiger partial charge in [0, 0.05) is 25.3 Å². The van der Waals surface area contributed by atoms with Crippen molar-refractivity contribution in [3.8, 4) is 11.1 Å². The first kappa shape index (κ1) is 17.7. The van der Waals surface area contributed by atoms with Crippen molar-refractivity contribution in [3.63, 3.8) is 0 Å². The maximum atomic E-state index is 6.22. The monoisotopic (exact) mass is 352 g/mol. The lowest BCUT2D eigenvalue weighted by Gasteiger charge is -2.32. The van der Waals surface area contributed by atoms with Crippen LogP contribution in [0.5, 0.6) is 0 Å². The van der Waals surface area contributed by atoms with Crippen molar-refractivity contribution in [1.29, 1.82) is 0 Å². The van der Waals surface area contributed by atoms with Gasteiger partial charge in [-0.3, -0.25) is 0 Å². The molecule has 2 aliphatic rings. The number of rotatable bonds is 3. The van der Waals surface area contributed by atoms with Gasteiger partial charge in [0.05, 0.1) is 11.2 Å². The van der Waals surface area contributed by atoms with Crippen molar-refractivity contribution < 1.29 is 18.8 Å². The Morgan fingerprint density at radius 2 is 1.35 bits per heavy atom. The molecule has 5 heteroatoms. The molecule has 0 spiro atoms. The number of hydrogen-bond acceptors (Lipinski definition) is 4. The van der Waals surface area contributed by atoms with Crippen LogP contribution in [0.15, 0.2) is 42.5 Å². The van der Waals surface area contributed by atoms with Crippen molar-refractivity contribution in [1.82, 2.24) is 0 Å². The highest BCUT2D eigenvalue weighted by atomic mass is 16.7. The molecule has 1 aliphatic carbocycles. The van der Waals surface area contributed by atoms with Crippen LogP contribution in [0.1, 0.15) is 38.8 Å². The zero-order valence-electron chi connectivity index (χ0n) is 16.3. The van der Waals surface area contributed by atoms with Gasteiger partial charge in [0.1, 0.15) is 0 Å². The largest absolute Gasteiger partial charge is 0.494 e. The molecular formula is C21H25BO4. The number of methoxy groups -OCH3 is 2. The second kappa shape index (κ2) is 5.67. The summed E-state index contributed by atoms with van der Waals surface area (Å²) in [6, 6.07) is 14.5. The van der Waals surface area contributed by atoms with Crippen LogP contribution in [-0.2, 0) is 24.6 Å². The van der Waals surface area contributed by atoms with Crippen LogP contribution >= 0.6 is 0 Å². The third-order valence-corrected chi connectivity index (χ3v) is 6.07. The highest BCUT2D eigenvalue weighted by Crippen LogP contribution is 2.49. The minimum atomic E-state index is -0.911. The van der Waals surface area contributed by atoms with Crippen LogP contribution in [0.3, 0.4) is 0 Å². The Morgan fingerprint density at radius 1 is 0.769 bits per heavy atom. The molecule has 0 atom stereocenters. The predicted molar refractivity (Wildman–Crippen MR) is 102 cm³/mol. The average molecular weight is 352 g/mol. The van der Waals surface area contributed by atoms with E-state index in [9.17, 15) is 0 Å². The highest BCUT2D eigenvalue weighted by Gasteiger charge is 2.52. The van der Waals surface area contributed by atoms with Crippen molar-refractivity contribution in [3.05, 3.63) is 53.6 Å². The van der Waals surface area contributed by atoms with Crippen molar-refractivity contribution in [2.75, 3.05) is 14.2 Å². The van der Waals surface area contributed by atoms with Gasteiger partial charge in [-0.1, -0.05) is 42.5 Å². The Balaban J connectivity index is 1.83. The highest BCUT2D eigenvalue weighted by molar-refractivity contribution is 6.62. The average Bonchev–Trinajstić information content (AvgIpc) is 3.02. The van der Waals surface area contributed by atoms with Gasteiger partial charge in [-0.15, -0.1) is 0 Å². The second-order valence-electron chi connectivity index (χ2n) is 7.96. The van der Waals surface area contributed by atoms with Gasteiger partial charge in [0.15, 0.2) is 0 Å². The number of fused-ring (bicyclic) bond motifs is 3. The van der Waals surface area contributed by atoms with Crippen molar-refractivity contribution in [2.45, 2.75) is 44.7 Å². The fraction of sp³-hybridized carbons (Fsp3) is 0.429. The summed E-state index contributed by atoms with van der Waals surface area (Å²) in [6.45, 7) is 8.24. The molecule has 1 fully saturated rings. The van der Waals surface area contributed by atoms with E-state index in [1.54, 1.807) is 14.2 Å². The van der Waals surface area contributed by atoms with Crippen LogP contribution in [0.25, 0.3) is 11.1 Å². The Kier molecular flexibility index (Phi) is 3.87. The van der Waals surface area contributed by atoms with E-state index in [-0.39, 0.29) is 11.2 Å². The molecule has 0 radical (unpaired) electrons. The third kappa shape index (κ3) is 2.24. The molecule has 0 saturated carbocycles. The van der Waals surface area contributed by atoms with Crippen LogP contribution in [-0.4, -0.2) is 32.5 Å². The minimum absolute atomic E-state index is 0.376. The fourth-order valence-corrected chi connectivity index (χ4v) is 3.87. The number of hydrogen-bond donors (Lipinski definition) is 0. The van der Waals surface area contributed by atoms with Gasteiger partial charge in [-0.25, -0.2) is 0 Å². The van der Waals surface area contributed by atoms with Crippen LogP contribution in [0.2, 0.25) is 0 Å². The minimum Gasteiger partial charge on any atom is -0.399 e. The molecule has 0 amide bonds. The zero-order chi connectivity index (χ0) is 18.7. The van der Waals surface area contributed by atoms with E-state index in [1.807, 2.05) is 12.1 Å². The summed E-state index contributed by atoms with van der Waals surface area (Å²) in [4.78, 5) is 0. The second-order valence-corrected chi connectivity index (χ2v) is 7.96. The summed E-state index contributed by atoms with van der Waals surface area (Å²) in [6.07, 6.45) is 0. The lowest BCUT2D eigenvalue weighted by molar-refractivity contribution is -0.180. The Morgan fingerprint density at radius 3 is 1.96 bits per heavy atom. The Bertz CT molecular complexity index is 839. The van der Waals surface area contributed by atoms with Gasteiger partial charge in [0.2, 0.25) is 5.79 Å². The standard InChI is InChI=1S/C21H25BO4/c1-19(2)20(3,4)26-22(25-19)14-11-12-16-15-9-7-8-10-17(15)21(23-5,24-6)18(16)13-14/h7-13H,1-6H3. The van der Waals surface area contributed by atoms with Crippen LogP contribution < -0.4 is 5.46 Å². The molecular weight excluding hydrogens is 327 g/mol. The number of ether oxygens (including phenoxy) is 2. The molecule has 0 unspecified atom stereocenters. The lowest BCUT2D eigenvalue weighted by atomic mass is 9.77. The van der Waals surface area contributed by atoms with Gasteiger partial charge in [-0.2, -0.15) is 0 Å². The van der Waals surface area contributed by atoms with E-state index in [1.165, 1.54) is 0 Å². The first-order chi connectivity index (χ1) is 12.3. The lowest BCUT2D eigenvalue weighted by Crippen LogP contribution is -2.41. The van der Waals surface area contributed by atoms with E-state index in [2.05, 4.69) is 58.0 Å². The molecule has 1 saturated heterocycles. The van der Waals surface area contributed by atoms with Crippen LogP contribution in [0.4, 0.5) is 0 Å². The normalized spacial score (nSPS) is 21.5. The predicted octanol–water partition coefficient (Wildman–Crippen LogP) is 3.46. The third-order valence-electron chi connectivity index (χ3n) is 6.07. The molecule has 4 rings (SSSR count). The molecule has 26 heavy (non-hydrogen) atoms. The first-order valence-corrected chi connectivity index (χ1v) is 8.96.